The smallest absolute Gasteiger partial charge is 0.266 e. The first-order valence-electron chi connectivity index (χ1n) is 9.09. The molecule has 0 aromatic heterocycles. The van der Waals surface area contributed by atoms with E-state index in [9.17, 15) is 31.1 Å². The molecule has 1 fully saturated rings. The Kier molecular flexibility index (Phi) is 5.87. The van der Waals surface area contributed by atoms with Crippen molar-refractivity contribution in [3.8, 4) is 0 Å². The number of alkyl halides is 4. The molecule has 2 aromatic rings. The van der Waals surface area contributed by atoms with Crippen molar-refractivity contribution in [2.75, 3.05) is 23.7 Å². The predicted molar refractivity (Wildman–Crippen MR) is 99.8 cm³/mol. The number of hydrogen-bond acceptors (Lipinski definition) is 3. The molecule has 1 aliphatic rings. The highest BCUT2D eigenvalue weighted by Gasteiger charge is 2.39. The molecule has 2 aromatic carbocycles. The Morgan fingerprint density at radius 3 is 2.47 bits per heavy atom. The maximum atomic E-state index is 14.3. The summed E-state index contributed by atoms with van der Waals surface area (Å²) in [5.74, 6) is -5.80. The SMILES string of the molecule is C[C@@H](NC(=O)c1cc(N2CCC(F)(F)C2)c(F)cc1N)c1cccc(C(F)F)c1F. The average molecular weight is 431 g/mol. The molecule has 30 heavy (non-hydrogen) atoms. The number of halogens is 6. The van der Waals surface area contributed by atoms with Crippen molar-refractivity contribution in [3.63, 3.8) is 0 Å². The van der Waals surface area contributed by atoms with Crippen molar-refractivity contribution < 1.29 is 31.1 Å². The van der Waals surface area contributed by atoms with Gasteiger partial charge in [-0.1, -0.05) is 18.2 Å². The van der Waals surface area contributed by atoms with Crippen LogP contribution in [-0.2, 0) is 0 Å². The molecule has 3 rings (SSSR count). The van der Waals surface area contributed by atoms with Gasteiger partial charge >= 0.3 is 0 Å². The molecule has 0 unspecified atom stereocenters. The zero-order valence-corrected chi connectivity index (χ0v) is 15.9. The van der Waals surface area contributed by atoms with E-state index in [1.165, 1.54) is 19.1 Å². The third kappa shape index (κ3) is 4.31. The van der Waals surface area contributed by atoms with Crippen LogP contribution in [0.2, 0.25) is 0 Å². The second-order valence-electron chi connectivity index (χ2n) is 7.16. The van der Waals surface area contributed by atoms with Gasteiger partial charge in [-0.15, -0.1) is 0 Å². The summed E-state index contributed by atoms with van der Waals surface area (Å²) < 4.78 is 81.4. The van der Waals surface area contributed by atoms with Crippen molar-refractivity contribution in [1.29, 1.82) is 0 Å². The lowest BCUT2D eigenvalue weighted by atomic mass is 10.0. The maximum Gasteiger partial charge on any atom is 0.266 e. The molecule has 162 valence electrons. The quantitative estimate of drug-likeness (QED) is 0.527. The molecule has 4 nitrogen and oxygen atoms in total. The van der Waals surface area contributed by atoms with Crippen molar-refractivity contribution in [1.82, 2.24) is 5.32 Å². The van der Waals surface area contributed by atoms with Gasteiger partial charge in [0, 0.05) is 24.2 Å². The van der Waals surface area contributed by atoms with E-state index in [2.05, 4.69) is 5.32 Å². The third-order valence-electron chi connectivity index (χ3n) is 4.98. The van der Waals surface area contributed by atoms with E-state index in [1.54, 1.807) is 0 Å². The molecule has 3 N–H and O–H groups in total. The number of carbonyl (C=O) groups excluding carboxylic acids is 1. The van der Waals surface area contributed by atoms with Crippen LogP contribution in [0.3, 0.4) is 0 Å². The lowest BCUT2D eigenvalue weighted by molar-refractivity contribution is 0.0257. The zero-order valence-electron chi connectivity index (χ0n) is 15.9. The van der Waals surface area contributed by atoms with Gasteiger partial charge in [0.1, 0.15) is 11.6 Å². The van der Waals surface area contributed by atoms with E-state index in [0.29, 0.717) is 0 Å². The topological polar surface area (TPSA) is 58.4 Å². The number of hydrogen-bond donors (Lipinski definition) is 2. The zero-order chi connectivity index (χ0) is 22.2. The van der Waals surface area contributed by atoms with Gasteiger partial charge in [-0.05, 0) is 19.1 Å². The Morgan fingerprint density at radius 1 is 1.20 bits per heavy atom. The Hall–Kier alpha value is -2.91. The van der Waals surface area contributed by atoms with E-state index >= 15 is 0 Å². The van der Waals surface area contributed by atoms with Crippen LogP contribution in [0.1, 0.15) is 47.3 Å². The molecule has 1 saturated heterocycles. The normalized spacial score (nSPS) is 16.7. The van der Waals surface area contributed by atoms with Gasteiger partial charge < -0.3 is 16.0 Å². The number of nitrogen functional groups attached to an aromatic ring is 1. The fourth-order valence-electron chi connectivity index (χ4n) is 3.38. The van der Waals surface area contributed by atoms with Gasteiger partial charge in [0.15, 0.2) is 0 Å². The van der Waals surface area contributed by atoms with Gasteiger partial charge in [-0.3, -0.25) is 4.79 Å². The van der Waals surface area contributed by atoms with Crippen molar-refractivity contribution >= 4 is 17.3 Å². The largest absolute Gasteiger partial charge is 0.398 e. The summed E-state index contributed by atoms with van der Waals surface area (Å²) in [5.41, 5.74) is 4.11. The second kappa shape index (κ2) is 8.08. The Balaban J connectivity index is 1.85. The van der Waals surface area contributed by atoms with Crippen LogP contribution in [-0.4, -0.2) is 24.9 Å². The van der Waals surface area contributed by atoms with Gasteiger partial charge in [0.2, 0.25) is 0 Å². The summed E-state index contributed by atoms with van der Waals surface area (Å²) in [6.07, 6.45) is -3.48. The molecule has 0 radical (unpaired) electrons. The van der Waals surface area contributed by atoms with Crippen molar-refractivity contribution in [2.24, 2.45) is 0 Å². The Labute approximate surface area is 168 Å². The minimum absolute atomic E-state index is 0.100. The van der Waals surface area contributed by atoms with Crippen LogP contribution < -0.4 is 16.0 Å². The fourth-order valence-corrected chi connectivity index (χ4v) is 3.38. The average Bonchev–Trinajstić information content (AvgIpc) is 3.01. The number of benzene rings is 2. The molecular formula is C20H19F6N3O. The van der Waals surface area contributed by atoms with Crippen molar-refractivity contribution in [3.05, 3.63) is 58.7 Å². The molecule has 1 amide bonds. The first kappa shape index (κ1) is 21.8. The van der Waals surface area contributed by atoms with E-state index in [4.69, 9.17) is 5.73 Å². The van der Waals surface area contributed by atoms with Crippen LogP contribution in [0.25, 0.3) is 0 Å². The lowest BCUT2D eigenvalue weighted by Gasteiger charge is -2.21. The first-order valence-corrected chi connectivity index (χ1v) is 9.09. The van der Waals surface area contributed by atoms with E-state index in [-0.39, 0.29) is 29.0 Å². The number of carbonyl (C=O) groups is 1. The van der Waals surface area contributed by atoms with Crippen LogP contribution in [0, 0.1) is 11.6 Å². The van der Waals surface area contributed by atoms with Gasteiger partial charge in [-0.25, -0.2) is 26.3 Å². The predicted octanol–water partition coefficient (Wildman–Crippen LogP) is 4.82. The fraction of sp³-hybridized carbons (Fsp3) is 0.350. The number of rotatable bonds is 5. The summed E-state index contributed by atoms with van der Waals surface area (Å²) in [7, 11) is 0. The Morgan fingerprint density at radius 2 is 1.87 bits per heavy atom. The molecule has 0 saturated carbocycles. The Bertz CT molecular complexity index is 966. The number of nitrogens with two attached hydrogens (primary N) is 1. The summed E-state index contributed by atoms with van der Waals surface area (Å²) in [4.78, 5) is 13.7. The molecule has 10 heteroatoms. The number of nitrogens with zero attached hydrogens (tertiary/aromatic N) is 1. The van der Waals surface area contributed by atoms with Crippen LogP contribution in [0.15, 0.2) is 30.3 Å². The van der Waals surface area contributed by atoms with Crippen LogP contribution in [0.5, 0.6) is 0 Å². The maximum absolute atomic E-state index is 14.3. The molecule has 0 spiro atoms. The van der Waals surface area contributed by atoms with Gasteiger partial charge in [0.25, 0.3) is 18.3 Å². The summed E-state index contributed by atoms with van der Waals surface area (Å²) in [5, 5.41) is 2.42. The van der Waals surface area contributed by atoms with E-state index in [1.807, 2.05) is 0 Å². The van der Waals surface area contributed by atoms with E-state index in [0.717, 1.165) is 23.1 Å². The molecular weight excluding hydrogens is 412 g/mol. The number of amides is 1. The highest BCUT2D eigenvalue weighted by Crippen LogP contribution is 2.34. The van der Waals surface area contributed by atoms with Gasteiger partial charge in [0.05, 0.1) is 29.4 Å². The molecule has 0 bridgehead atoms. The molecule has 1 atom stereocenters. The lowest BCUT2D eigenvalue weighted by Crippen LogP contribution is -2.29. The van der Waals surface area contributed by atoms with Crippen LogP contribution in [0.4, 0.5) is 37.7 Å². The standard InChI is InChI=1S/C20H19F6N3O/c1-10(11-3-2-4-12(17(11)22)18(23)24)28-19(30)13-7-16(14(21)8-15(13)27)29-6-5-20(25,26)9-29/h2-4,7-8,10,18H,5-6,9,27H2,1H3,(H,28,30)/t10-/m1/s1. The van der Waals surface area contributed by atoms with Gasteiger partial charge in [-0.2, -0.15) is 0 Å². The molecule has 0 aliphatic carbocycles. The third-order valence-corrected chi connectivity index (χ3v) is 4.98. The monoisotopic (exact) mass is 431 g/mol. The van der Waals surface area contributed by atoms with Crippen LogP contribution >= 0.6 is 0 Å². The highest BCUT2D eigenvalue weighted by molar-refractivity contribution is 6.00. The summed E-state index contributed by atoms with van der Waals surface area (Å²) in [6, 6.07) is 4.32. The number of nitrogens with one attached hydrogen (secondary N) is 1. The number of anilines is 2. The first-order chi connectivity index (χ1) is 14.0. The summed E-state index contributed by atoms with van der Waals surface area (Å²) >= 11 is 0. The second-order valence-corrected chi connectivity index (χ2v) is 7.16. The minimum Gasteiger partial charge on any atom is -0.398 e. The van der Waals surface area contributed by atoms with E-state index < -0.39 is 54.5 Å². The highest BCUT2D eigenvalue weighted by atomic mass is 19.3. The molecule has 1 heterocycles. The molecule has 1 aliphatic heterocycles. The van der Waals surface area contributed by atoms with Crippen molar-refractivity contribution in [2.45, 2.75) is 31.7 Å². The minimum atomic E-state index is -3.03. The summed E-state index contributed by atoms with van der Waals surface area (Å²) in [6.45, 7) is 0.584.